The average Bonchev–Trinajstić information content (AvgIpc) is 2.53. The van der Waals surface area contributed by atoms with Gasteiger partial charge in [-0.15, -0.1) is 0 Å². The second kappa shape index (κ2) is 6.60. The summed E-state index contributed by atoms with van der Waals surface area (Å²) < 4.78 is 18.3. The normalized spacial score (nSPS) is 12.9. The minimum absolute atomic E-state index is 0.250. The van der Waals surface area contributed by atoms with Crippen molar-refractivity contribution in [1.82, 2.24) is 0 Å². The molecule has 0 aliphatic heterocycles. The molecule has 2 heteroatoms. The summed E-state index contributed by atoms with van der Waals surface area (Å²) in [4.78, 5) is 0. The summed E-state index contributed by atoms with van der Waals surface area (Å²) in [5.74, 6) is 5.96. The monoisotopic (exact) mass is 292 g/mol. The lowest BCUT2D eigenvalue weighted by molar-refractivity contribution is 0.185. The summed E-state index contributed by atoms with van der Waals surface area (Å²) in [6, 6.07) is 12.8. The van der Waals surface area contributed by atoms with E-state index in [1.54, 1.807) is 13.2 Å². The van der Waals surface area contributed by atoms with Crippen LogP contribution in [-0.2, 0) is 17.8 Å². The van der Waals surface area contributed by atoms with Crippen LogP contribution in [0.1, 0.15) is 28.7 Å². The fourth-order valence-electron chi connectivity index (χ4n) is 2.62. The number of ether oxygens (including phenoxy) is 1. The molecule has 0 unspecified atom stereocenters. The number of aryl methyl sites for hydroxylation is 1. The molecule has 0 fully saturated rings. The minimum Gasteiger partial charge on any atom is -0.380 e. The molecule has 0 bridgehead atoms. The van der Waals surface area contributed by atoms with Crippen molar-refractivity contribution >= 4 is 6.08 Å². The highest BCUT2D eigenvalue weighted by atomic mass is 19.1. The first-order valence-corrected chi connectivity index (χ1v) is 7.33. The zero-order chi connectivity index (χ0) is 15.4. The second-order valence-corrected chi connectivity index (χ2v) is 5.40. The molecule has 3 rings (SSSR count). The molecule has 2 aromatic carbocycles. The third kappa shape index (κ3) is 3.44. The number of fused-ring (bicyclic) bond motifs is 1. The highest BCUT2D eigenvalue weighted by Gasteiger charge is 2.09. The van der Waals surface area contributed by atoms with E-state index in [-0.39, 0.29) is 5.82 Å². The second-order valence-electron chi connectivity index (χ2n) is 5.40. The molecular weight excluding hydrogens is 275 g/mol. The summed E-state index contributed by atoms with van der Waals surface area (Å²) >= 11 is 0. The molecular formula is C20H17FO. The van der Waals surface area contributed by atoms with Crippen molar-refractivity contribution in [2.45, 2.75) is 19.4 Å². The molecule has 110 valence electrons. The van der Waals surface area contributed by atoms with E-state index in [9.17, 15) is 4.39 Å². The maximum absolute atomic E-state index is 13.1. The quantitative estimate of drug-likeness (QED) is 0.748. The number of halogens is 1. The van der Waals surface area contributed by atoms with Gasteiger partial charge in [-0.25, -0.2) is 4.39 Å². The van der Waals surface area contributed by atoms with Crippen LogP contribution in [0.3, 0.4) is 0 Å². The number of rotatable bonds is 2. The van der Waals surface area contributed by atoms with E-state index in [0.29, 0.717) is 12.2 Å². The van der Waals surface area contributed by atoms with Gasteiger partial charge in [0, 0.05) is 18.2 Å². The minimum atomic E-state index is -0.250. The zero-order valence-corrected chi connectivity index (χ0v) is 12.5. The van der Waals surface area contributed by atoms with Crippen LogP contribution in [0.25, 0.3) is 6.08 Å². The van der Waals surface area contributed by atoms with E-state index in [0.717, 1.165) is 18.4 Å². The first-order valence-electron chi connectivity index (χ1n) is 7.33. The van der Waals surface area contributed by atoms with Gasteiger partial charge in [0.2, 0.25) is 0 Å². The van der Waals surface area contributed by atoms with Crippen molar-refractivity contribution in [1.29, 1.82) is 0 Å². The Bertz CT molecular complexity index is 778. The molecule has 0 saturated heterocycles. The first kappa shape index (κ1) is 14.6. The molecule has 2 aromatic rings. The van der Waals surface area contributed by atoms with Gasteiger partial charge in [0.25, 0.3) is 0 Å². The van der Waals surface area contributed by atoms with Gasteiger partial charge in [0.05, 0.1) is 6.61 Å². The molecule has 22 heavy (non-hydrogen) atoms. The largest absolute Gasteiger partial charge is 0.380 e. The Hall–Kier alpha value is -2.37. The molecule has 1 nitrogen and oxygen atoms in total. The van der Waals surface area contributed by atoms with Gasteiger partial charge in [-0.05, 0) is 53.8 Å². The lowest BCUT2D eigenvalue weighted by atomic mass is 9.91. The van der Waals surface area contributed by atoms with Gasteiger partial charge in [0.1, 0.15) is 5.82 Å². The van der Waals surface area contributed by atoms with Gasteiger partial charge in [-0.3, -0.25) is 0 Å². The van der Waals surface area contributed by atoms with Crippen LogP contribution in [0.4, 0.5) is 4.39 Å². The molecule has 0 aromatic heterocycles. The number of hydrogen-bond acceptors (Lipinski definition) is 1. The van der Waals surface area contributed by atoms with Crippen molar-refractivity contribution in [2.24, 2.45) is 0 Å². The van der Waals surface area contributed by atoms with E-state index in [1.165, 1.54) is 28.8 Å². The van der Waals surface area contributed by atoms with Crippen LogP contribution < -0.4 is 0 Å². The standard InChI is InChI=1S/C20H17FO/c1-22-14-17-8-10-18-11-16(7-9-19(18)12-17)6-5-15-3-2-4-20(21)13-15/h2-4,8,10-13H,7,9,14H2,1H3. The van der Waals surface area contributed by atoms with E-state index in [1.807, 2.05) is 6.07 Å². The lowest BCUT2D eigenvalue weighted by Crippen LogP contribution is -2.00. The summed E-state index contributed by atoms with van der Waals surface area (Å²) in [6.07, 6.45) is 4.03. The highest BCUT2D eigenvalue weighted by Crippen LogP contribution is 2.25. The summed E-state index contributed by atoms with van der Waals surface area (Å²) in [7, 11) is 1.71. The molecule has 1 aliphatic rings. The predicted octanol–water partition coefficient (Wildman–Crippen LogP) is 4.35. The van der Waals surface area contributed by atoms with Gasteiger partial charge in [0.15, 0.2) is 0 Å². The fraction of sp³-hybridized carbons (Fsp3) is 0.200. The Morgan fingerprint density at radius 1 is 1.09 bits per heavy atom. The molecule has 0 atom stereocenters. The predicted molar refractivity (Wildman–Crippen MR) is 86.7 cm³/mol. The molecule has 0 amide bonds. The van der Waals surface area contributed by atoms with Crippen LogP contribution in [0.5, 0.6) is 0 Å². The van der Waals surface area contributed by atoms with E-state index in [4.69, 9.17) is 4.74 Å². The Morgan fingerprint density at radius 2 is 2.00 bits per heavy atom. The highest BCUT2D eigenvalue weighted by molar-refractivity contribution is 5.65. The number of hydrogen-bond donors (Lipinski definition) is 0. The molecule has 0 spiro atoms. The Labute approximate surface area is 130 Å². The summed E-state index contributed by atoms with van der Waals surface area (Å²) in [6.45, 7) is 0.642. The first-order chi connectivity index (χ1) is 10.7. The van der Waals surface area contributed by atoms with Crippen LogP contribution >= 0.6 is 0 Å². The van der Waals surface area contributed by atoms with Crippen molar-refractivity contribution < 1.29 is 9.13 Å². The fourth-order valence-corrected chi connectivity index (χ4v) is 2.62. The van der Waals surface area contributed by atoms with Crippen molar-refractivity contribution in [3.63, 3.8) is 0 Å². The van der Waals surface area contributed by atoms with E-state index >= 15 is 0 Å². The SMILES string of the molecule is COCc1ccc2c(c1)CCC(C#Cc1cccc(F)c1)=C2. The van der Waals surface area contributed by atoms with E-state index in [2.05, 4.69) is 36.1 Å². The van der Waals surface area contributed by atoms with Crippen LogP contribution in [0, 0.1) is 17.7 Å². The van der Waals surface area contributed by atoms with Crippen LogP contribution in [0.2, 0.25) is 0 Å². The Kier molecular flexibility index (Phi) is 4.37. The van der Waals surface area contributed by atoms with Crippen molar-refractivity contribution in [3.8, 4) is 11.8 Å². The van der Waals surface area contributed by atoms with Gasteiger partial charge < -0.3 is 4.74 Å². The van der Waals surface area contributed by atoms with Crippen molar-refractivity contribution in [3.05, 3.63) is 76.1 Å². The summed E-state index contributed by atoms with van der Waals surface area (Å²) in [5, 5.41) is 0. The maximum Gasteiger partial charge on any atom is 0.124 e. The van der Waals surface area contributed by atoms with Gasteiger partial charge in [-0.1, -0.05) is 36.1 Å². The number of benzene rings is 2. The third-order valence-electron chi connectivity index (χ3n) is 3.70. The number of allylic oxidation sites excluding steroid dienone is 1. The van der Waals surface area contributed by atoms with Gasteiger partial charge in [-0.2, -0.15) is 0 Å². The Morgan fingerprint density at radius 3 is 2.82 bits per heavy atom. The topological polar surface area (TPSA) is 9.23 Å². The van der Waals surface area contributed by atoms with Crippen LogP contribution in [0.15, 0.2) is 48.0 Å². The summed E-state index contributed by atoms with van der Waals surface area (Å²) in [5.41, 5.74) is 5.56. The van der Waals surface area contributed by atoms with Crippen LogP contribution in [-0.4, -0.2) is 7.11 Å². The molecule has 0 heterocycles. The molecule has 0 radical (unpaired) electrons. The third-order valence-corrected chi connectivity index (χ3v) is 3.70. The molecule has 1 aliphatic carbocycles. The lowest BCUT2D eigenvalue weighted by Gasteiger charge is -2.14. The van der Waals surface area contributed by atoms with E-state index < -0.39 is 0 Å². The molecule has 0 saturated carbocycles. The van der Waals surface area contributed by atoms with Gasteiger partial charge >= 0.3 is 0 Å². The Balaban J connectivity index is 1.83. The zero-order valence-electron chi connectivity index (χ0n) is 12.5. The smallest absolute Gasteiger partial charge is 0.124 e. The number of methoxy groups -OCH3 is 1. The average molecular weight is 292 g/mol. The van der Waals surface area contributed by atoms with Crippen molar-refractivity contribution in [2.75, 3.05) is 7.11 Å². The molecule has 0 N–H and O–H groups in total. The maximum atomic E-state index is 13.1.